The summed E-state index contributed by atoms with van der Waals surface area (Å²) in [4.78, 5) is 16.9. The van der Waals surface area contributed by atoms with Crippen LogP contribution in [-0.4, -0.2) is 52.2 Å². The molecule has 0 bridgehead atoms. The lowest BCUT2D eigenvalue weighted by Gasteiger charge is -2.29. The molecule has 134 valence electrons. The van der Waals surface area contributed by atoms with Crippen molar-refractivity contribution in [1.29, 1.82) is 0 Å². The summed E-state index contributed by atoms with van der Waals surface area (Å²) in [5, 5.41) is 7.82. The number of carbonyl (C=O) groups excluding carboxylic acids is 1. The van der Waals surface area contributed by atoms with Crippen LogP contribution in [0.5, 0.6) is 0 Å². The first kappa shape index (κ1) is 17.4. The maximum atomic E-state index is 12.5. The molecule has 1 unspecified atom stereocenters. The number of carbonyl (C=O) groups is 1. The molecule has 0 N–H and O–H groups in total. The van der Waals surface area contributed by atoms with E-state index in [1.165, 1.54) is 32.1 Å². The van der Waals surface area contributed by atoms with Gasteiger partial charge in [0.05, 0.1) is 0 Å². The second-order valence-corrected chi connectivity index (χ2v) is 7.54. The average Bonchev–Trinajstić information content (AvgIpc) is 2.89. The van der Waals surface area contributed by atoms with Gasteiger partial charge in [0.2, 0.25) is 5.91 Å². The lowest BCUT2D eigenvalue weighted by Crippen LogP contribution is -2.36. The first-order chi connectivity index (χ1) is 11.6. The molecular formula is C18H30N4O2. The Bertz CT molecular complexity index is 539. The molecule has 24 heavy (non-hydrogen) atoms. The Kier molecular flexibility index (Phi) is 5.87. The normalized spacial score (nSPS) is 23.7. The molecule has 6 heteroatoms. The van der Waals surface area contributed by atoms with Gasteiger partial charge in [-0.3, -0.25) is 9.69 Å². The lowest BCUT2D eigenvalue weighted by atomic mass is 9.89. The van der Waals surface area contributed by atoms with Crippen molar-refractivity contribution >= 4 is 5.91 Å². The summed E-state index contributed by atoms with van der Waals surface area (Å²) in [5.41, 5.74) is 1.75. The Labute approximate surface area is 144 Å². The molecule has 3 rings (SSSR count). The van der Waals surface area contributed by atoms with E-state index >= 15 is 0 Å². The van der Waals surface area contributed by atoms with Crippen molar-refractivity contribution in [2.75, 3.05) is 20.1 Å². The number of amides is 1. The van der Waals surface area contributed by atoms with Crippen molar-refractivity contribution in [3.8, 4) is 0 Å². The highest BCUT2D eigenvalue weighted by atomic mass is 16.6. The van der Waals surface area contributed by atoms with Crippen molar-refractivity contribution in [1.82, 2.24) is 20.1 Å². The molecule has 2 fully saturated rings. The molecule has 2 heterocycles. The smallest absolute Gasteiger partial charge is 0.222 e. The van der Waals surface area contributed by atoms with Crippen LogP contribution in [-0.2, 0) is 11.3 Å². The molecular weight excluding hydrogens is 304 g/mol. The summed E-state index contributed by atoms with van der Waals surface area (Å²) in [6.45, 7) is 4.51. The minimum atomic E-state index is 0.343. The number of likely N-dealkylation sites (tertiary alicyclic amines) is 1. The molecule has 6 nitrogen and oxygen atoms in total. The van der Waals surface area contributed by atoms with Gasteiger partial charge in [-0.05, 0) is 45.6 Å². The fraction of sp³-hybridized carbons (Fsp3) is 0.833. The predicted molar refractivity (Wildman–Crippen MR) is 91.3 cm³/mol. The van der Waals surface area contributed by atoms with Gasteiger partial charge in [0, 0.05) is 32.1 Å². The van der Waals surface area contributed by atoms with Crippen LogP contribution in [0.2, 0.25) is 0 Å². The SMILES string of the molecule is Cc1nonc1CN(C)C1CCC(=O)N(CC2CCCCC2)CC1. The first-order valence-corrected chi connectivity index (χ1v) is 9.39. The summed E-state index contributed by atoms with van der Waals surface area (Å²) in [6, 6.07) is 0.418. The van der Waals surface area contributed by atoms with Gasteiger partial charge in [0.15, 0.2) is 0 Å². The number of aromatic nitrogens is 2. The molecule has 0 spiro atoms. The molecule has 0 aromatic carbocycles. The van der Waals surface area contributed by atoms with E-state index in [9.17, 15) is 4.79 Å². The zero-order valence-electron chi connectivity index (χ0n) is 15.0. The third-order valence-corrected chi connectivity index (χ3v) is 5.75. The highest BCUT2D eigenvalue weighted by Crippen LogP contribution is 2.26. The van der Waals surface area contributed by atoms with Crippen LogP contribution >= 0.6 is 0 Å². The molecule has 1 saturated carbocycles. The fourth-order valence-electron chi connectivity index (χ4n) is 4.10. The summed E-state index contributed by atoms with van der Waals surface area (Å²) < 4.78 is 4.79. The van der Waals surface area contributed by atoms with Crippen molar-refractivity contribution < 1.29 is 9.42 Å². The molecule has 1 saturated heterocycles. The molecule has 1 aliphatic carbocycles. The van der Waals surface area contributed by atoms with Crippen LogP contribution in [0.3, 0.4) is 0 Å². The monoisotopic (exact) mass is 334 g/mol. The number of rotatable bonds is 5. The van der Waals surface area contributed by atoms with E-state index in [0.29, 0.717) is 18.4 Å². The van der Waals surface area contributed by atoms with E-state index in [1.54, 1.807) is 0 Å². The predicted octanol–water partition coefficient (Wildman–Crippen LogP) is 2.77. The standard InChI is InChI=1S/C18H30N4O2/c1-14-17(20-24-19-14)13-21(2)16-8-9-18(23)22(11-10-16)12-15-6-4-3-5-7-15/h15-16H,3-13H2,1-2H3. The summed E-state index contributed by atoms with van der Waals surface area (Å²) in [6.07, 6.45) is 9.27. The van der Waals surface area contributed by atoms with Gasteiger partial charge in [0.25, 0.3) is 0 Å². The highest BCUT2D eigenvalue weighted by molar-refractivity contribution is 5.76. The van der Waals surface area contributed by atoms with Crippen LogP contribution < -0.4 is 0 Å². The van der Waals surface area contributed by atoms with E-state index in [2.05, 4.69) is 27.2 Å². The maximum absolute atomic E-state index is 12.5. The third-order valence-electron chi connectivity index (χ3n) is 5.75. The molecule has 2 aliphatic rings. The van der Waals surface area contributed by atoms with E-state index in [-0.39, 0.29) is 0 Å². The number of hydrogen-bond donors (Lipinski definition) is 0. The van der Waals surface area contributed by atoms with Gasteiger partial charge in [0.1, 0.15) is 11.4 Å². The summed E-state index contributed by atoms with van der Waals surface area (Å²) in [7, 11) is 2.11. The van der Waals surface area contributed by atoms with Crippen LogP contribution in [0.1, 0.15) is 62.8 Å². The summed E-state index contributed by atoms with van der Waals surface area (Å²) >= 11 is 0. The Morgan fingerprint density at radius 3 is 2.67 bits per heavy atom. The van der Waals surface area contributed by atoms with Gasteiger partial charge in [-0.1, -0.05) is 29.6 Å². The molecule has 1 aliphatic heterocycles. The summed E-state index contributed by atoms with van der Waals surface area (Å²) in [5.74, 6) is 1.07. The Morgan fingerprint density at radius 1 is 1.17 bits per heavy atom. The van der Waals surface area contributed by atoms with Crippen LogP contribution in [0.4, 0.5) is 0 Å². The Morgan fingerprint density at radius 2 is 1.96 bits per heavy atom. The lowest BCUT2D eigenvalue weighted by molar-refractivity contribution is -0.131. The average molecular weight is 334 g/mol. The van der Waals surface area contributed by atoms with Gasteiger partial charge < -0.3 is 4.90 Å². The second-order valence-electron chi connectivity index (χ2n) is 7.54. The minimum Gasteiger partial charge on any atom is -0.342 e. The Hall–Kier alpha value is -1.43. The second kappa shape index (κ2) is 8.10. The number of nitrogens with zero attached hydrogens (tertiary/aromatic N) is 4. The van der Waals surface area contributed by atoms with Crippen molar-refractivity contribution in [3.63, 3.8) is 0 Å². The van der Waals surface area contributed by atoms with Gasteiger partial charge in [-0.25, -0.2) is 4.63 Å². The van der Waals surface area contributed by atoms with Crippen LogP contribution in [0, 0.1) is 12.8 Å². The fourth-order valence-corrected chi connectivity index (χ4v) is 4.10. The zero-order valence-corrected chi connectivity index (χ0v) is 15.0. The largest absolute Gasteiger partial charge is 0.342 e. The van der Waals surface area contributed by atoms with Gasteiger partial charge in [-0.2, -0.15) is 0 Å². The van der Waals surface area contributed by atoms with Crippen molar-refractivity contribution in [3.05, 3.63) is 11.4 Å². The van der Waals surface area contributed by atoms with E-state index in [4.69, 9.17) is 4.63 Å². The highest BCUT2D eigenvalue weighted by Gasteiger charge is 2.27. The van der Waals surface area contributed by atoms with Gasteiger partial charge >= 0.3 is 0 Å². The van der Waals surface area contributed by atoms with Crippen LogP contribution in [0.15, 0.2) is 4.63 Å². The van der Waals surface area contributed by atoms with E-state index in [1.807, 2.05) is 6.92 Å². The van der Waals surface area contributed by atoms with E-state index < -0.39 is 0 Å². The zero-order chi connectivity index (χ0) is 16.9. The third kappa shape index (κ3) is 4.35. The van der Waals surface area contributed by atoms with Crippen molar-refractivity contribution in [2.24, 2.45) is 5.92 Å². The first-order valence-electron chi connectivity index (χ1n) is 9.39. The molecule has 1 aromatic heterocycles. The molecule has 0 radical (unpaired) electrons. The number of aryl methyl sites for hydroxylation is 1. The minimum absolute atomic E-state index is 0.343. The molecule has 1 atom stereocenters. The van der Waals surface area contributed by atoms with Gasteiger partial charge in [-0.15, -0.1) is 0 Å². The quantitative estimate of drug-likeness (QED) is 0.828. The maximum Gasteiger partial charge on any atom is 0.222 e. The Balaban J connectivity index is 1.53. The molecule has 1 amide bonds. The topological polar surface area (TPSA) is 62.5 Å². The van der Waals surface area contributed by atoms with Crippen LogP contribution in [0.25, 0.3) is 0 Å². The van der Waals surface area contributed by atoms with E-state index in [0.717, 1.165) is 49.8 Å². The number of hydrogen-bond acceptors (Lipinski definition) is 5. The molecule has 1 aromatic rings. The van der Waals surface area contributed by atoms with Crippen molar-refractivity contribution in [2.45, 2.75) is 70.9 Å².